The molecular weight excluding hydrogens is 244 g/mol. The Morgan fingerprint density at radius 1 is 1.33 bits per heavy atom. The molecule has 0 aromatic heterocycles. The first-order valence-electron chi connectivity index (χ1n) is 6.91. The summed E-state index contributed by atoms with van der Waals surface area (Å²) in [5, 5.41) is 4.47. The van der Waals surface area contributed by atoms with E-state index >= 15 is 0 Å². The molecule has 0 amide bonds. The lowest BCUT2D eigenvalue weighted by Gasteiger charge is -2.26. The van der Waals surface area contributed by atoms with E-state index in [0.717, 1.165) is 18.1 Å². The molecule has 1 atom stereocenters. The minimum Gasteiger partial charge on any atom is -0.314 e. The Balaban J connectivity index is 1.74. The molecule has 1 aromatic carbocycles. The quantitative estimate of drug-likeness (QED) is 0.880. The Hall–Kier alpha value is -0.570. The Bertz CT molecular complexity index is 361. The average Bonchev–Trinajstić information content (AvgIpc) is 2.40. The third-order valence-electron chi connectivity index (χ3n) is 3.67. The Labute approximate surface area is 115 Å². The predicted octanol–water partition coefficient (Wildman–Crippen LogP) is 3.30. The minimum atomic E-state index is 0.715. The Morgan fingerprint density at radius 2 is 2.17 bits per heavy atom. The second-order valence-electron chi connectivity index (χ2n) is 5.26. The van der Waals surface area contributed by atoms with Crippen LogP contribution < -0.4 is 5.32 Å². The van der Waals surface area contributed by atoms with E-state index in [1.54, 1.807) is 0 Å². The third kappa shape index (κ3) is 4.27. The van der Waals surface area contributed by atoms with Crippen LogP contribution >= 0.6 is 11.6 Å². The van der Waals surface area contributed by atoms with Crippen LogP contribution in [0.1, 0.15) is 31.2 Å². The van der Waals surface area contributed by atoms with Crippen LogP contribution in [0.2, 0.25) is 5.02 Å². The van der Waals surface area contributed by atoms with Crippen molar-refractivity contribution in [3.05, 3.63) is 34.9 Å². The highest BCUT2D eigenvalue weighted by molar-refractivity contribution is 6.31. The number of hydrogen-bond donors (Lipinski definition) is 1. The van der Waals surface area contributed by atoms with E-state index in [4.69, 9.17) is 11.6 Å². The molecule has 1 unspecified atom stereocenters. The summed E-state index contributed by atoms with van der Waals surface area (Å²) in [6.45, 7) is 3.26. The van der Waals surface area contributed by atoms with Gasteiger partial charge >= 0.3 is 0 Å². The molecule has 0 spiro atoms. The van der Waals surface area contributed by atoms with Crippen LogP contribution in [0.25, 0.3) is 0 Å². The summed E-state index contributed by atoms with van der Waals surface area (Å²) < 4.78 is 0. The lowest BCUT2D eigenvalue weighted by Crippen LogP contribution is -2.36. The van der Waals surface area contributed by atoms with Crippen LogP contribution in [-0.2, 0) is 6.54 Å². The van der Waals surface area contributed by atoms with Gasteiger partial charge in [0.2, 0.25) is 0 Å². The molecule has 1 aliphatic heterocycles. The van der Waals surface area contributed by atoms with Gasteiger partial charge in [-0.3, -0.25) is 0 Å². The molecule has 1 heterocycles. The fourth-order valence-corrected chi connectivity index (χ4v) is 2.74. The van der Waals surface area contributed by atoms with Crippen molar-refractivity contribution < 1.29 is 0 Å². The second-order valence-corrected chi connectivity index (χ2v) is 5.67. The van der Waals surface area contributed by atoms with Crippen molar-refractivity contribution >= 4 is 11.6 Å². The van der Waals surface area contributed by atoms with Gasteiger partial charge in [-0.2, -0.15) is 0 Å². The highest BCUT2D eigenvalue weighted by Gasteiger charge is 2.13. The van der Waals surface area contributed by atoms with Crippen LogP contribution in [0.5, 0.6) is 0 Å². The fraction of sp³-hybridized carbons (Fsp3) is 0.600. The highest BCUT2D eigenvalue weighted by atomic mass is 35.5. The molecule has 0 aliphatic carbocycles. The molecule has 18 heavy (non-hydrogen) atoms. The predicted molar refractivity (Wildman–Crippen MR) is 78.0 cm³/mol. The molecule has 1 N–H and O–H groups in total. The summed E-state index contributed by atoms with van der Waals surface area (Å²) in [6.07, 6.45) is 5.29. The first-order chi connectivity index (χ1) is 8.75. The average molecular weight is 267 g/mol. The maximum absolute atomic E-state index is 6.18. The molecule has 1 aliphatic rings. The maximum atomic E-state index is 6.18. The van der Waals surface area contributed by atoms with Crippen LogP contribution in [-0.4, -0.2) is 31.1 Å². The van der Waals surface area contributed by atoms with Gasteiger partial charge in [0.05, 0.1) is 0 Å². The van der Waals surface area contributed by atoms with Crippen molar-refractivity contribution in [3.8, 4) is 0 Å². The molecule has 0 radical (unpaired) electrons. The summed E-state index contributed by atoms with van der Waals surface area (Å²) in [4.78, 5) is 2.36. The Morgan fingerprint density at radius 3 is 2.89 bits per heavy atom. The molecular formula is C15H23ClN2. The number of nitrogens with one attached hydrogen (secondary N) is 1. The standard InChI is InChI=1S/C15H23ClN2/c1-18(11-9-14-7-4-5-10-17-14)12-13-6-2-3-8-15(13)16/h2-3,6,8,14,17H,4-5,7,9-12H2,1H3. The van der Waals surface area contributed by atoms with Crippen molar-refractivity contribution in [1.29, 1.82) is 0 Å². The van der Waals surface area contributed by atoms with E-state index in [2.05, 4.69) is 29.4 Å². The third-order valence-corrected chi connectivity index (χ3v) is 4.04. The SMILES string of the molecule is CN(CCC1CCCCN1)Cc1ccccc1Cl. The topological polar surface area (TPSA) is 15.3 Å². The van der Waals surface area contributed by atoms with Crippen molar-refractivity contribution in [2.24, 2.45) is 0 Å². The van der Waals surface area contributed by atoms with Gasteiger partial charge in [0, 0.05) is 17.6 Å². The zero-order chi connectivity index (χ0) is 12.8. The fourth-order valence-electron chi connectivity index (χ4n) is 2.54. The van der Waals surface area contributed by atoms with Gasteiger partial charge in [-0.05, 0) is 51.0 Å². The number of halogens is 1. The lowest BCUT2D eigenvalue weighted by atomic mass is 10.0. The van der Waals surface area contributed by atoms with E-state index in [9.17, 15) is 0 Å². The molecule has 0 saturated carbocycles. The number of piperidine rings is 1. The van der Waals surface area contributed by atoms with Crippen molar-refractivity contribution in [3.63, 3.8) is 0 Å². The van der Waals surface area contributed by atoms with Gasteiger partial charge < -0.3 is 10.2 Å². The van der Waals surface area contributed by atoms with E-state index in [1.807, 2.05) is 12.1 Å². The van der Waals surface area contributed by atoms with Crippen LogP contribution in [0, 0.1) is 0 Å². The maximum Gasteiger partial charge on any atom is 0.0451 e. The number of hydrogen-bond acceptors (Lipinski definition) is 2. The number of benzene rings is 1. The van der Waals surface area contributed by atoms with E-state index in [1.165, 1.54) is 37.8 Å². The molecule has 1 saturated heterocycles. The van der Waals surface area contributed by atoms with Gasteiger partial charge in [-0.15, -0.1) is 0 Å². The monoisotopic (exact) mass is 266 g/mol. The zero-order valence-corrected chi connectivity index (χ0v) is 11.9. The zero-order valence-electron chi connectivity index (χ0n) is 11.2. The van der Waals surface area contributed by atoms with Crippen molar-refractivity contribution in [1.82, 2.24) is 10.2 Å². The summed E-state index contributed by atoms with van der Waals surface area (Å²) in [5.41, 5.74) is 1.22. The molecule has 0 bridgehead atoms. The molecule has 2 rings (SSSR count). The molecule has 100 valence electrons. The molecule has 1 aromatic rings. The summed E-state index contributed by atoms with van der Waals surface area (Å²) >= 11 is 6.18. The molecule has 3 heteroatoms. The van der Waals surface area contributed by atoms with E-state index < -0.39 is 0 Å². The molecule has 1 fully saturated rings. The molecule has 2 nitrogen and oxygen atoms in total. The highest BCUT2D eigenvalue weighted by Crippen LogP contribution is 2.17. The van der Waals surface area contributed by atoms with Crippen LogP contribution in [0.3, 0.4) is 0 Å². The first-order valence-corrected chi connectivity index (χ1v) is 7.29. The van der Waals surface area contributed by atoms with Gasteiger partial charge in [-0.1, -0.05) is 36.2 Å². The number of nitrogens with zero attached hydrogens (tertiary/aromatic N) is 1. The van der Waals surface area contributed by atoms with Crippen LogP contribution in [0.4, 0.5) is 0 Å². The van der Waals surface area contributed by atoms with Gasteiger partial charge in [0.1, 0.15) is 0 Å². The minimum absolute atomic E-state index is 0.715. The summed E-state index contributed by atoms with van der Waals surface area (Å²) in [5.74, 6) is 0. The van der Waals surface area contributed by atoms with Gasteiger partial charge in [-0.25, -0.2) is 0 Å². The van der Waals surface area contributed by atoms with Gasteiger partial charge in [0.15, 0.2) is 0 Å². The second kappa shape index (κ2) is 7.13. The van der Waals surface area contributed by atoms with E-state index in [0.29, 0.717) is 6.04 Å². The number of rotatable bonds is 5. The van der Waals surface area contributed by atoms with Gasteiger partial charge in [0.25, 0.3) is 0 Å². The lowest BCUT2D eigenvalue weighted by molar-refractivity contribution is 0.282. The van der Waals surface area contributed by atoms with E-state index in [-0.39, 0.29) is 0 Å². The summed E-state index contributed by atoms with van der Waals surface area (Å²) in [6, 6.07) is 8.83. The van der Waals surface area contributed by atoms with Crippen molar-refractivity contribution in [2.45, 2.75) is 38.3 Å². The summed E-state index contributed by atoms with van der Waals surface area (Å²) in [7, 11) is 2.17. The van der Waals surface area contributed by atoms with Crippen molar-refractivity contribution in [2.75, 3.05) is 20.1 Å². The largest absolute Gasteiger partial charge is 0.314 e. The van der Waals surface area contributed by atoms with Crippen LogP contribution in [0.15, 0.2) is 24.3 Å². The Kier molecular flexibility index (Phi) is 5.48. The smallest absolute Gasteiger partial charge is 0.0451 e. The normalized spacial score (nSPS) is 20.3. The first kappa shape index (κ1) is 13.9.